The van der Waals surface area contributed by atoms with Crippen LogP contribution in [-0.2, 0) is 0 Å². The van der Waals surface area contributed by atoms with Crippen molar-refractivity contribution in [3.63, 3.8) is 0 Å². The maximum atomic E-state index is 12.0. The summed E-state index contributed by atoms with van der Waals surface area (Å²) in [4.78, 5) is 15.1. The van der Waals surface area contributed by atoms with Crippen LogP contribution in [0.15, 0.2) is 30.5 Å². The molecule has 1 amide bonds. The molecule has 0 radical (unpaired) electrons. The first kappa shape index (κ1) is 11.7. The van der Waals surface area contributed by atoms with E-state index in [0.29, 0.717) is 11.5 Å². The molecule has 0 aliphatic heterocycles. The normalized spacial score (nSPS) is 12.9. The van der Waals surface area contributed by atoms with Crippen LogP contribution in [0.4, 0.5) is 0 Å². The van der Waals surface area contributed by atoms with Gasteiger partial charge in [0, 0.05) is 28.7 Å². The lowest BCUT2D eigenvalue weighted by atomic mass is 10.1. The summed E-state index contributed by atoms with van der Waals surface area (Å²) in [6.07, 6.45) is 1.88. The zero-order valence-corrected chi connectivity index (χ0v) is 10.4. The van der Waals surface area contributed by atoms with Crippen LogP contribution < -0.4 is 5.32 Å². The zero-order valence-electron chi connectivity index (χ0n) is 10.4. The van der Waals surface area contributed by atoms with Gasteiger partial charge in [-0.3, -0.25) is 4.79 Å². The molecule has 0 saturated heterocycles. The number of carbonyl (C=O) groups excluding carboxylic acids is 1. The van der Waals surface area contributed by atoms with Crippen molar-refractivity contribution in [1.29, 1.82) is 0 Å². The fourth-order valence-corrected chi connectivity index (χ4v) is 1.65. The molecule has 2 aromatic rings. The van der Waals surface area contributed by atoms with E-state index in [-0.39, 0.29) is 11.9 Å². The molecule has 3 nitrogen and oxygen atoms in total. The Balaban J connectivity index is 2.18. The molecular weight excluding hydrogens is 212 g/mol. The Morgan fingerprint density at radius 3 is 2.71 bits per heavy atom. The van der Waals surface area contributed by atoms with Crippen LogP contribution in [0.1, 0.15) is 31.1 Å². The minimum Gasteiger partial charge on any atom is -0.361 e. The highest BCUT2D eigenvalue weighted by Crippen LogP contribution is 2.14. The Labute approximate surface area is 101 Å². The molecule has 2 rings (SSSR count). The monoisotopic (exact) mass is 230 g/mol. The molecular formula is C14H18N2O. The molecule has 90 valence electrons. The molecule has 0 aliphatic carbocycles. The van der Waals surface area contributed by atoms with Crippen molar-refractivity contribution in [2.24, 2.45) is 5.92 Å². The van der Waals surface area contributed by atoms with Crippen molar-refractivity contribution >= 4 is 16.8 Å². The number of H-pyrrole nitrogens is 1. The quantitative estimate of drug-likeness (QED) is 0.836. The fourth-order valence-electron chi connectivity index (χ4n) is 1.65. The van der Waals surface area contributed by atoms with E-state index in [4.69, 9.17) is 0 Å². The minimum atomic E-state index is -0.00528. The van der Waals surface area contributed by atoms with E-state index >= 15 is 0 Å². The molecule has 1 aromatic heterocycles. The molecule has 0 spiro atoms. The summed E-state index contributed by atoms with van der Waals surface area (Å²) in [7, 11) is 0. The topological polar surface area (TPSA) is 44.9 Å². The van der Waals surface area contributed by atoms with Gasteiger partial charge in [-0.15, -0.1) is 0 Å². The van der Waals surface area contributed by atoms with Gasteiger partial charge in [0.15, 0.2) is 0 Å². The lowest BCUT2D eigenvalue weighted by Gasteiger charge is -2.17. The number of benzene rings is 1. The van der Waals surface area contributed by atoms with Gasteiger partial charge < -0.3 is 10.3 Å². The fraction of sp³-hybridized carbons (Fsp3) is 0.357. The van der Waals surface area contributed by atoms with Gasteiger partial charge in [-0.05, 0) is 37.1 Å². The summed E-state index contributed by atoms with van der Waals surface area (Å²) < 4.78 is 0. The first-order valence-corrected chi connectivity index (χ1v) is 5.96. The predicted molar refractivity (Wildman–Crippen MR) is 70.1 cm³/mol. The van der Waals surface area contributed by atoms with Crippen molar-refractivity contribution in [2.45, 2.75) is 26.8 Å². The minimum absolute atomic E-state index is 0.00528. The smallest absolute Gasteiger partial charge is 0.251 e. The first-order valence-electron chi connectivity index (χ1n) is 5.96. The van der Waals surface area contributed by atoms with E-state index < -0.39 is 0 Å². The van der Waals surface area contributed by atoms with E-state index in [1.165, 1.54) is 0 Å². The standard InChI is InChI=1S/C14H18N2O/c1-9(2)10(3)16-14(17)12-4-5-13-11(8-12)6-7-15-13/h4-10,15H,1-3H3,(H,16,17). The Kier molecular flexibility index (Phi) is 3.18. The van der Waals surface area contributed by atoms with Crippen molar-refractivity contribution in [2.75, 3.05) is 0 Å². The highest BCUT2D eigenvalue weighted by atomic mass is 16.1. The third-order valence-corrected chi connectivity index (χ3v) is 3.17. The summed E-state index contributed by atoms with van der Waals surface area (Å²) in [6.45, 7) is 6.22. The average Bonchev–Trinajstić information content (AvgIpc) is 2.75. The summed E-state index contributed by atoms with van der Waals surface area (Å²) in [6, 6.07) is 7.85. The van der Waals surface area contributed by atoms with Crippen LogP contribution in [0.2, 0.25) is 0 Å². The summed E-state index contributed by atoms with van der Waals surface area (Å²) in [5, 5.41) is 4.07. The van der Waals surface area contributed by atoms with Gasteiger partial charge in [-0.1, -0.05) is 13.8 Å². The van der Waals surface area contributed by atoms with Gasteiger partial charge in [0.1, 0.15) is 0 Å². The number of rotatable bonds is 3. The average molecular weight is 230 g/mol. The van der Waals surface area contributed by atoms with E-state index in [9.17, 15) is 4.79 Å². The molecule has 0 aliphatic rings. The van der Waals surface area contributed by atoms with E-state index in [1.807, 2.05) is 37.4 Å². The SMILES string of the molecule is CC(C)C(C)NC(=O)c1ccc2[nH]ccc2c1. The first-order chi connectivity index (χ1) is 8.08. The van der Waals surface area contributed by atoms with E-state index in [0.717, 1.165) is 10.9 Å². The number of amides is 1. The van der Waals surface area contributed by atoms with Crippen LogP contribution in [0, 0.1) is 5.92 Å². The third-order valence-electron chi connectivity index (χ3n) is 3.17. The number of hydrogen-bond acceptors (Lipinski definition) is 1. The predicted octanol–water partition coefficient (Wildman–Crippen LogP) is 2.94. The van der Waals surface area contributed by atoms with Gasteiger partial charge >= 0.3 is 0 Å². The second-order valence-electron chi connectivity index (χ2n) is 4.79. The van der Waals surface area contributed by atoms with Crippen molar-refractivity contribution in [3.8, 4) is 0 Å². The molecule has 17 heavy (non-hydrogen) atoms. The molecule has 1 heterocycles. The van der Waals surface area contributed by atoms with E-state index in [1.54, 1.807) is 0 Å². The number of aromatic amines is 1. The largest absolute Gasteiger partial charge is 0.361 e. The van der Waals surface area contributed by atoms with Crippen LogP contribution in [0.3, 0.4) is 0 Å². The Morgan fingerprint density at radius 2 is 2.00 bits per heavy atom. The zero-order chi connectivity index (χ0) is 12.4. The van der Waals surface area contributed by atoms with Crippen LogP contribution in [0.5, 0.6) is 0 Å². The molecule has 0 saturated carbocycles. The summed E-state index contributed by atoms with van der Waals surface area (Å²) >= 11 is 0. The van der Waals surface area contributed by atoms with Gasteiger partial charge in [0.05, 0.1) is 0 Å². The lowest BCUT2D eigenvalue weighted by molar-refractivity contribution is 0.0930. The number of carbonyl (C=O) groups is 1. The van der Waals surface area contributed by atoms with E-state index in [2.05, 4.69) is 24.1 Å². The number of fused-ring (bicyclic) bond motifs is 1. The molecule has 2 N–H and O–H groups in total. The van der Waals surface area contributed by atoms with Crippen molar-refractivity contribution in [3.05, 3.63) is 36.0 Å². The van der Waals surface area contributed by atoms with Crippen LogP contribution in [-0.4, -0.2) is 16.9 Å². The van der Waals surface area contributed by atoms with Crippen LogP contribution in [0.25, 0.3) is 10.9 Å². The molecule has 0 fully saturated rings. The lowest BCUT2D eigenvalue weighted by Crippen LogP contribution is -2.36. The molecule has 1 unspecified atom stereocenters. The van der Waals surface area contributed by atoms with Gasteiger partial charge in [-0.2, -0.15) is 0 Å². The molecule has 1 atom stereocenters. The third kappa shape index (κ3) is 2.49. The summed E-state index contributed by atoms with van der Waals surface area (Å²) in [5.41, 5.74) is 1.77. The highest BCUT2D eigenvalue weighted by Gasteiger charge is 2.12. The van der Waals surface area contributed by atoms with Gasteiger partial charge in [0.25, 0.3) is 5.91 Å². The molecule has 0 bridgehead atoms. The Hall–Kier alpha value is -1.77. The number of aromatic nitrogens is 1. The van der Waals surface area contributed by atoms with Gasteiger partial charge in [-0.25, -0.2) is 0 Å². The number of nitrogens with one attached hydrogen (secondary N) is 2. The number of hydrogen-bond donors (Lipinski definition) is 2. The molecule has 3 heteroatoms. The summed E-state index contributed by atoms with van der Waals surface area (Å²) in [5.74, 6) is 0.434. The Bertz CT molecular complexity index is 528. The van der Waals surface area contributed by atoms with Crippen molar-refractivity contribution in [1.82, 2.24) is 10.3 Å². The maximum absolute atomic E-state index is 12.0. The maximum Gasteiger partial charge on any atom is 0.251 e. The molecule has 1 aromatic carbocycles. The highest BCUT2D eigenvalue weighted by molar-refractivity contribution is 5.98. The van der Waals surface area contributed by atoms with Gasteiger partial charge in [0.2, 0.25) is 0 Å². The van der Waals surface area contributed by atoms with Crippen LogP contribution >= 0.6 is 0 Å². The van der Waals surface area contributed by atoms with Crippen molar-refractivity contribution < 1.29 is 4.79 Å². The second kappa shape index (κ2) is 4.62. The second-order valence-corrected chi connectivity index (χ2v) is 4.79. The Morgan fingerprint density at radius 1 is 1.24 bits per heavy atom.